The summed E-state index contributed by atoms with van der Waals surface area (Å²) in [5.41, 5.74) is 1.77. The minimum Gasteiger partial charge on any atom is -0.492 e. The quantitative estimate of drug-likeness (QED) is 0.792. The summed E-state index contributed by atoms with van der Waals surface area (Å²) in [6, 6.07) is 8.67. The third kappa shape index (κ3) is 4.00. The Morgan fingerprint density at radius 3 is 2.05 bits per heavy atom. The van der Waals surface area contributed by atoms with Crippen LogP contribution in [-0.4, -0.2) is 31.1 Å². The molecule has 1 aliphatic heterocycles. The van der Waals surface area contributed by atoms with Gasteiger partial charge in [-0.25, -0.2) is 0 Å². The average Bonchev–Trinajstić information content (AvgIpc) is 2.91. The summed E-state index contributed by atoms with van der Waals surface area (Å²) in [4.78, 5) is 2.48. The Labute approximate surface area is 130 Å². The molecule has 0 bridgehead atoms. The number of likely N-dealkylation sites (tertiary alicyclic amines) is 1. The van der Waals surface area contributed by atoms with Crippen molar-refractivity contribution in [2.75, 3.05) is 26.2 Å². The first-order chi connectivity index (χ1) is 9.80. The number of ether oxygens (including phenoxy) is 1. The van der Waals surface area contributed by atoms with Crippen molar-refractivity contribution >= 4 is 0 Å². The van der Waals surface area contributed by atoms with Gasteiger partial charge in [-0.05, 0) is 54.5 Å². The van der Waals surface area contributed by atoms with E-state index in [-0.39, 0.29) is 10.8 Å². The van der Waals surface area contributed by atoms with Crippen LogP contribution in [0.15, 0.2) is 24.3 Å². The van der Waals surface area contributed by atoms with Gasteiger partial charge in [0.2, 0.25) is 0 Å². The molecular weight excluding hydrogens is 258 g/mol. The fraction of sp³-hybridized carbons (Fsp3) is 0.684. The maximum absolute atomic E-state index is 5.88. The van der Waals surface area contributed by atoms with E-state index in [1.807, 2.05) is 0 Å². The minimum absolute atomic E-state index is 0.154. The third-order valence-corrected chi connectivity index (χ3v) is 5.33. The second-order valence-electron chi connectivity index (χ2n) is 7.80. The van der Waals surface area contributed by atoms with Gasteiger partial charge in [0.1, 0.15) is 12.4 Å². The van der Waals surface area contributed by atoms with Gasteiger partial charge < -0.3 is 4.74 Å². The van der Waals surface area contributed by atoms with Crippen LogP contribution in [0.3, 0.4) is 0 Å². The van der Waals surface area contributed by atoms with E-state index in [9.17, 15) is 0 Å². The molecule has 0 radical (unpaired) electrons. The molecule has 0 spiro atoms. The monoisotopic (exact) mass is 289 g/mol. The lowest BCUT2D eigenvalue weighted by molar-refractivity contribution is 0.224. The maximum atomic E-state index is 5.88. The van der Waals surface area contributed by atoms with Crippen molar-refractivity contribution in [3.8, 4) is 5.75 Å². The van der Waals surface area contributed by atoms with Crippen molar-refractivity contribution in [1.29, 1.82) is 0 Å². The van der Waals surface area contributed by atoms with Gasteiger partial charge in [-0.15, -0.1) is 0 Å². The summed E-state index contributed by atoms with van der Waals surface area (Å²) in [5, 5.41) is 0. The van der Waals surface area contributed by atoms with Crippen molar-refractivity contribution in [2.24, 2.45) is 5.41 Å². The lowest BCUT2D eigenvalue weighted by atomic mass is 9.65. The maximum Gasteiger partial charge on any atom is 0.119 e. The van der Waals surface area contributed by atoms with E-state index >= 15 is 0 Å². The molecule has 118 valence electrons. The molecule has 1 saturated heterocycles. The first-order valence-electron chi connectivity index (χ1n) is 8.26. The standard InChI is InChI=1S/C19H31NO/c1-18(2,3)19(4,5)16-8-10-17(11-9-16)21-15-14-20-12-6-7-13-20/h8-11H,6-7,12-15H2,1-5H3. The smallest absolute Gasteiger partial charge is 0.119 e. The molecule has 1 aliphatic rings. The predicted octanol–water partition coefficient (Wildman–Crippen LogP) is 4.48. The highest BCUT2D eigenvalue weighted by atomic mass is 16.5. The molecule has 0 aromatic heterocycles. The summed E-state index contributed by atoms with van der Waals surface area (Å²) in [6.07, 6.45) is 2.69. The summed E-state index contributed by atoms with van der Waals surface area (Å²) < 4.78 is 5.88. The Balaban J connectivity index is 1.89. The van der Waals surface area contributed by atoms with Gasteiger partial charge in [0.15, 0.2) is 0 Å². The SMILES string of the molecule is CC(C)(C)C(C)(C)c1ccc(OCCN2CCCC2)cc1. The Morgan fingerprint density at radius 1 is 0.952 bits per heavy atom. The number of rotatable bonds is 5. The van der Waals surface area contributed by atoms with Gasteiger partial charge in [0.25, 0.3) is 0 Å². The van der Waals surface area contributed by atoms with E-state index in [0.29, 0.717) is 0 Å². The normalized spacial score (nSPS) is 17.2. The van der Waals surface area contributed by atoms with E-state index in [0.717, 1.165) is 18.9 Å². The van der Waals surface area contributed by atoms with E-state index in [1.54, 1.807) is 0 Å². The summed E-state index contributed by atoms with van der Waals surface area (Å²) in [6.45, 7) is 15.8. The lowest BCUT2D eigenvalue weighted by Crippen LogP contribution is -2.33. The van der Waals surface area contributed by atoms with Crippen LogP contribution in [0.1, 0.15) is 53.0 Å². The molecule has 0 saturated carbocycles. The molecule has 0 aliphatic carbocycles. The average molecular weight is 289 g/mol. The van der Waals surface area contributed by atoms with Gasteiger partial charge >= 0.3 is 0 Å². The first kappa shape index (κ1) is 16.4. The van der Waals surface area contributed by atoms with Crippen LogP contribution in [0.4, 0.5) is 0 Å². The second-order valence-corrected chi connectivity index (χ2v) is 7.80. The van der Waals surface area contributed by atoms with Gasteiger partial charge in [0.05, 0.1) is 0 Å². The number of nitrogens with zero attached hydrogens (tertiary/aromatic N) is 1. The Hall–Kier alpha value is -1.02. The zero-order chi connectivity index (χ0) is 15.5. The van der Waals surface area contributed by atoms with Crippen molar-refractivity contribution in [3.05, 3.63) is 29.8 Å². The third-order valence-electron chi connectivity index (χ3n) is 5.33. The van der Waals surface area contributed by atoms with Gasteiger partial charge in [-0.2, -0.15) is 0 Å². The molecule has 2 heteroatoms. The molecule has 1 fully saturated rings. The molecule has 0 atom stereocenters. The van der Waals surface area contributed by atoms with E-state index in [1.165, 1.54) is 31.5 Å². The number of hydrogen-bond donors (Lipinski definition) is 0. The zero-order valence-electron chi connectivity index (χ0n) is 14.4. The summed E-state index contributed by atoms with van der Waals surface area (Å²) >= 11 is 0. The van der Waals surface area contributed by atoms with Crippen molar-refractivity contribution in [2.45, 2.75) is 52.9 Å². The fourth-order valence-electron chi connectivity index (χ4n) is 2.70. The van der Waals surface area contributed by atoms with Crippen LogP contribution in [0, 0.1) is 5.41 Å². The zero-order valence-corrected chi connectivity index (χ0v) is 14.4. The molecule has 21 heavy (non-hydrogen) atoms. The first-order valence-corrected chi connectivity index (χ1v) is 8.26. The number of benzene rings is 1. The van der Waals surface area contributed by atoms with Crippen molar-refractivity contribution in [1.82, 2.24) is 4.90 Å². The van der Waals surface area contributed by atoms with Gasteiger partial charge in [-0.1, -0.05) is 46.8 Å². The molecule has 1 aromatic carbocycles. The highest BCUT2D eigenvalue weighted by molar-refractivity contribution is 5.32. The molecule has 0 N–H and O–H groups in total. The highest BCUT2D eigenvalue weighted by Crippen LogP contribution is 2.41. The predicted molar refractivity (Wildman–Crippen MR) is 90.1 cm³/mol. The van der Waals surface area contributed by atoms with E-state index in [2.05, 4.69) is 63.8 Å². The van der Waals surface area contributed by atoms with Crippen LogP contribution in [-0.2, 0) is 5.41 Å². The summed E-state index contributed by atoms with van der Waals surface area (Å²) in [7, 11) is 0. The van der Waals surface area contributed by atoms with Crippen LogP contribution in [0.5, 0.6) is 5.75 Å². The lowest BCUT2D eigenvalue weighted by Gasteiger charge is -2.39. The van der Waals surface area contributed by atoms with Gasteiger partial charge in [-0.3, -0.25) is 4.90 Å². The van der Waals surface area contributed by atoms with Crippen LogP contribution >= 0.6 is 0 Å². The molecule has 1 heterocycles. The highest BCUT2D eigenvalue weighted by Gasteiger charge is 2.34. The Kier molecular flexibility index (Phi) is 4.98. The molecular formula is C19H31NO. The minimum atomic E-state index is 0.154. The molecule has 2 nitrogen and oxygen atoms in total. The fourth-order valence-corrected chi connectivity index (χ4v) is 2.70. The van der Waals surface area contributed by atoms with Crippen molar-refractivity contribution < 1.29 is 4.74 Å². The van der Waals surface area contributed by atoms with Crippen LogP contribution in [0.25, 0.3) is 0 Å². The van der Waals surface area contributed by atoms with Crippen LogP contribution in [0.2, 0.25) is 0 Å². The molecule has 0 unspecified atom stereocenters. The Morgan fingerprint density at radius 2 is 1.52 bits per heavy atom. The van der Waals surface area contributed by atoms with Gasteiger partial charge in [0, 0.05) is 6.54 Å². The molecule has 2 rings (SSSR count). The number of hydrogen-bond acceptors (Lipinski definition) is 2. The summed E-state index contributed by atoms with van der Waals surface area (Å²) in [5.74, 6) is 0.989. The topological polar surface area (TPSA) is 12.5 Å². The van der Waals surface area contributed by atoms with Crippen LogP contribution < -0.4 is 4.74 Å². The largest absolute Gasteiger partial charge is 0.492 e. The Bertz CT molecular complexity index is 436. The van der Waals surface area contributed by atoms with Crippen molar-refractivity contribution in [3.63, 3.8) is 0 Å². The molecule has 0 amide bonds. The van der Waals surface area contributed by atoms with E-state index < -0.39 is 0 Å². The van der Waals surface area contributed by atoms with E-state index in [4.69, 9.17) is 4.74 Å². The second kappa shape index (κ2) is 6.39. The molecule has 1 aromatic rings.